The van der Waals surface area contributed by atoms with Crippen LogP contribution >= 0.6 is 0 Å². The lowest BCUT2D eigenvalue weighted by molar-refractivity contribution is 0.0600. The van der Waals surface area contributed by atoms with Gasteiger partial charge in [0, 0.05) is 12.1 Å². The zero-order chi connectivity index (χ0) is 16.9. The second kappa shape index (κ2) is 7.26. The van der Waals surface area contributed by atoms with Crippen LogP contribution in [0.3, 0.4) is 0 Å². The van der Waals surface area contributed by atoms with Crippen LogP contribution in [0.25, 0.3) is 0 Å². The monoisotopic (exact) mass is 335 g/mol. The van der Waals surface area contributed by atoms with E-state index in [-0.39, 0.29) is 17.0 Å². The quantitative estimate of drug-likeness (QED) is 0.816. The average molecular weight is 335 g/mol. The van der Waals surface area contributed by atoms with E-state index >= 15 is 0 Å². The van der Waals surface area contributed by atoms with Crippen LogP contribution in [0, 0.1) is 0 Å². The molecule has 0 aromatic heterocycles. The molecule has 23 heavy (non-hydrogen) atoms. The number of esters is 1. The summed E-state index contributed by atoms with van der Waals surface area (Å²) in [5, 5.41) is 0. The Bertz CT molecular complexity index is 784. The van der Waals surface area contributed by atoms with Crippen molar-refractivity contribution in [3.8, 4) is 5.75 Å². The Hall–Kier alpha value is -2.38. The molecule has 0 aliphatic carbocycles. The van der Waals surface area contributed by atoms with Crippen molar-refractivity contribution >= 4 is 16.0 Å². The zero-order valence-electron chi connectivity index (χ0n) is 12.8. The molecule has 2 aromatic carbocycles. The molecule has 0 aliphatic rings. The summed E-state index contributed by atoms with van der Waals surface area (Å²) in [5.41, 5.74) is 1.01. The normalized spacial score (nSPS) is 11.0. The van der Waals surface area contributed by atoms with Gasteiger partial charge < -0.3 is 9.47 Å². The van der Waals surface area contributed by atoms with Gasteiger partial charge in [-0.25, -0.2) is 17.9 Å². The molecule has 0 unspecified atom stereocenters. The largest absolute Gasteiger partial charge is 0.496 e. The molecule has 0 spiro atoms. The number of carbonyl (C=O) groups excluding carboxylic acids is 1. The predicted octanol–water partition coefficient (Wildman–Crippen LogP) is 1.96. The van der Waals surface area contributed by atoms with Gasteiger partial charge in [-0.3, -0.25) is 0 Å². The van der Waals surface area contributed by atoms with E-state index in [1.807, 2.05) is 6.07 Å². The Morgan fingerprint density at radius 2 is 1.70 bits per heavy atom. The summed E-state index contributed by atoms with van der Waals surface area (Å²) in [6.07, 6.45) is 0. The van der Waals surface area contributed by atoms with E-state index in [1.54, 1.807) is 18.2 Å². The molecule has 0 atom stereocenters. The number of ether oxygens (including phenoxy) is 2. The van der Waals surface area contributed by atoms with E-state index in [2.05, 4.69) is 9.46 Å². The highest BCUT2D eigenvalue weighted by atomic mass is 32.2. The summed E-state index contributed by atoms with van der Waals surface area (Å²) in [4.78, 5) is 11.4. The second-order valence-corrected chi connectivity index (χ2v) is 6.42. The first kappa shape index (κ1) is 17.0. The minimum Gasteiger partial charge on any atom is -0.496 e. The molecule has 0 bridgehead atoms. The lowest BCUT2D eigenvalue weighted by atomic mass is 10.2. The third-order valence-corrected chi connectivity index (χ3v) is 4.65. The van der Waals surface area contributed by atoms with Crippen molar-refractivity contribution in [1.29, 1.82) is 0 Å². The Balaban J connectivity index is 2.14. The van der Waals surface area contributed by atoms with E-state index in [4.69, 9.17) is 4.74 Å². The van der Waals surface area contributed by atoms with Crippen molar-refractivity contribution in [2.24, 2.45) is 0 Å². The molecule has 2 rings (SSSR count). The van der Waals surface area contributed by atoms with Crippen molar-refractivity contribution in [2.75, 3.05) is 14.2 Å². The number of benzene rings is 2. The molecule has 0 heterocycles. The van der Waals surface area contributed by atoms with Gasteiger partial charge in [-0.1, -0.05) is 18.2 Å². The third kappa shape index (κ3) is 4.08. The maximum Gasteiger partial charge on any atom is 0.337 e. The Kier molecular flexibility index (Phi) is 5.36. The molecule has 0 amide bonds. The SMILES string of the molecule is COC(=O)c1ccc(S(=O)(=O)NCc2ccccc2OC)cc1. The number of nitrogens with one attached hydrogen (secondary N) is 1. The smallest absolute Gasteiger partial charge is 0.337 e. The summed E-state index contributed by atoms with van der Waals surface area (Å²) in [6.45, 7) is 0.102. The average Bonchev–Trinajstić information content (AvgIpc) is 2.59. The standard InChI is InChI=1S/C16H17NO5S/c1-21-15-6-4-3-5-13(15)11-17-23(19,20)14-9-7-12(8-10-14)16(18)22-2/h3-10,17H,11H2,1-2H3. The molecule has 1 N–H and O–H groups in total. The fourth-order valence-corrected chi connectivity index (χ4v) is 3.00. The van der Waals surface area contributed by atoms with Crippen molar-refractivity contribution in [3.05, 3.63) is 59.7 Å². The Labute approximate surface area is 135 Å². The minimum atomic E-state index is -3.69. The van der Waals surface area contributed by atoms with E-state index in [0.29, 0.717) is 5.75 Å². The fourth-order valence-electron chi connectivity index (χ4n) is 1.99. The number of para-hydroxylation sites is 1. The highest BCUT2D eigenvalue weighted by Gasteiger charge is 2.15. The van der Waals surface area contributed by atoms with E-state index in [1.165, 1.54) is 38.5 Å². The number of rotatable bonds is 6. The number of hydrogen-bond acceptors (Lipinski definition) is 5. The fraction of sp³-hybridized carbons (Fsp3) is 0.188. The van der Waals surface area contributed by atoms with Crippen molar-refractivity contribution in [3.63, 3.8) is 0 Å². The van der Waals surface area contributed by atoms with Gasteiger partial charge in [0.1, 0.15) is 5.75 Å². The minimum absolute atomic E-state index is 0.0695. The predicted molar refractivity (Wildman–Crippen MR) is 84.8 cm³/mol. The molecule has 0 aliphatic heterocycles. The molecule has 7 heteroatoms. The first-order valence-corrected chi connectivity index (χ1v) is 8.26. The molecule has 2 aromatic rings. The number of hydrogen-bond donors (Lipinski definition) is 1. The highest BCUT2D eigenvalue weighted by Crippen LogP contribution is 2.18. The van der Waals surface area contributed by atoms with E-state index < -0.39 is 16.0 Å². The molecular weight excluding hydrogens is 318 g/mol. The first-order valence-electron chi connectivity index (χ1n) is 6.78. The topological polar surface area (TPSA) is 81.7 Å². The van der Waals surface area contributed by atoms with Crippen LogP contribution in [-0.2, 0) is 21.3 Å². The van der Waals surface area contributed by atoms with Gasteiger partial charge in [0.05, 0.1) is 24.7 Å². The molecule has 6 nitrogen and oxygen atoms in total. The van der Waals surface area contributed by atoms with Gasteiger partial charge in [-0.15, -0.1) is 0 Å². The molecule has 0 saturated carbocycles. The highest BCUT2D eigenvalue weighted by molar-refractivity contribution is 7.89. The van der Waals surface area contributed by atoms with Crippen molar-refractivity contribution in [2.45, 2.75) is 11.4 Å². The molecule has 0 saturated heterocycles. The number of carbonyl (C=O) groups is 1. The molecule has 0 fully saturated rings. The molecule has 0 radical (unpaired) electrons. The summed E-state index contributed by atoms with van der Waals surface area (Å²) in [6, 6.07) is 12.7. The number of sulfonamides is 1. The third-order valence-electron chi connectivity index (χ3n) is 3.23. The van der Waals surface area contributed by atoms with E-state index in [0.717, 1.165) is 5.56 Å². The van der Waals surface area contributed by atoms with Crippen LogP contribution in [-0.4, -0.2) is 28.6 Å². The van der Waals surface area contributed by atoms with Gasteiger partial charge in [0.15, 0.2) is 0 Å². The van der Waals surface area contributed by atoms with Crippen molar-refractivity contribution < 1.29 is 22.7 Å². The first-order chi connectivity index (χ1) is 11.0. The second-order valence-electron chi connectivity index (χ2n) is 4.65. The van der Waals surface area contributed by atoms with Gasteiger partial charge >= 0.3 is 5.97 Å². The summed E-state index contributed by atoms with van der Waals surface area (Å²) in [7, 11) is -0.898. The lowest BCUT2D eigenvalue weighted by Crippen LogP contribution is -2.23. The van der Waals surface area contributed by atoms with Crippen molar-refractivity contribution in [1.82, 2.24) is 4.72 Å². The van der Waals surface area contributed by atoms with Gasteiger partial charge in [-0.2, -0.15) is 0 Å². The van der Waals surface area contributed by atoms with E-state index in [9.17, 15) is 13.2 Å². The van der Waals surface area contributed by atoms with Crippen LogP contribution < -0.4 is 9.46 Å². The zero-order valence-corrected chi connectivity index (χ0v) is 13.6. The number of methoxy groups -OCH3 is 2. The molecule has 122 valence electrons. The maximum absolute atomic E-state index is 12.3. The van der Waals surface area contributed by atoms with Crippen LogP contribution in [0.4, 0.5) is 0 Å². The van der Waals surface area contributed by atoms with Crippen LogP contribution in [0.1, 0.15) is 15.9 Å². The lowest BCUT2D eigenvalue weighted by Gasteiger charge is -2.10. The summed E-state index contributed by atoms with van der Waals surface area (Å²) >= 11 is 0. The van der Waals surface area contributed by atoms with Gasteiger partial charge in [0.2, 0.25) is 10.0 Å². The maximum atomic E-state index is 12.3. The van der Waals surface area contributed by atoms with Gasteiger partial charge in [0.25, 0.3) is 0 Å². The van der Waals surface area contributed by atoms with Gasteiger partial charge in [-0.05, 0) is 30.3 Å². The molecular formula is C16H17NO5S. The Morgan fingerprint density at radius 3 is 2.30 bits per heavy atom. The van der Waals surface area contributed by atoms with Crippen LogP contribution in [0.5, 0.6) is 5.75 Å². The summed E-state index contributed by atoms with van der Waals surface area (Å²) < 4.78 is 36.8. The van der Waals surface area contributed by atoms with Crippen LogP contribution in [0.15, 0.2) is 53.4 Å². The summed E-state index contributed by atoms with van der Waals surface area (Å²) in [5.74, 6) is 0.0900. The van der Waals surface area contributed by atoms with Crippen LogP contribution in [0.2, 0.25) is 0 Å². The Morgan fingerprint density at radius 1 is 1.04 bits per heavy atom.